The maximum atomic E-state index is 12.2. The van der Waals surface area contributed by atoms with Gasteiger partial charge in [0.25, 0.3) is 0 Å². The minimum Gasteiger partial charge on any atom is -0.492 e. The molecule has 0 aliphatic rings. The number of rotatable bonds is 8. The van der Waals surface area contributed by atoms with Gasteiger partial charge in [-0.15, -0.1) is 11.3 Å². The molecule has 0 amide bonds. The molecule has 1 rings (SSSR count). The summed E-state index contributed by atoms with van der Waals surface area (Å²) in [7, 11) is 3.22. The van der Waals surface area contributed by atoms with Crippen LogP contribution in [-0.2, 0) is 4.74 Å². The molecule has 1 aromatic heterocycles. The van der Waals surface area contributed by atoms with Gasteiger partial charge in [0.05, 0.1) is 30.3 Å². The van der Waals surface area contributed by atoms with E-state index in [9.17, 15) is 4.79 Å². The minimum atomic E-state index is -0.0885. The van der Waals surface area contributed by atoms with Crippen molar-refractivity contribution in [2.45, 2.75) is 33.2 Å². The summed E-state index contributed by atoms with van der Waals surface area (Å²) in [6.07, 6.45) is 0.905. The van der Waals surface area contributed by atoms with Crippen LogP contribution in [0, 0.1) is 5.92 Å². The highest BCUT2D eigenvalue weighted by Gasteiger charge is 2.24. The molecule has 114 valence electrons. The molecule has 0 bridgehead atoms. The van der Waals surface area contributed by atoms with E-state index in [4.69, 9.17) is 15.2 Å². The van der Waals surface area contributed by atoms with E-state index in [0.717, 1.165) is 11.4 Å². The molecule has 0 saturated heterocycles. The summed E-state index contributed by atoms with van der Waals surface area (Å²) in [5.41, 5.74) is 6.46. The zero-order valence-electron chi connectivity index (χ0n) is 12.8. The number of nitrogens with two attached hydrogens (primary N) is 1. The Morgan fingerprint density at radius 3 is 2.50 bits per heavy atom. The first kappa shape index (κ1) is 16.8. The van der Waals surface area contributed by atoms with E-state index in [1.807, 2.05) is 13.8 Å². The Balaban J connectivity index is 3.07. The second-order valence-electron chi connectivity index (χ2n) is 4.93. The Bertz CT molecular complexity index is 458. The number of methoxy groups -OCH3 is 2. The van der Waals surface area contributed by atoms with E-state index in [1.54, 1.807) is 14.2 Å². The van der Waals surface area contributed by atoms with E-state index >= 15 is 0 Å². The first-order valence-electron chi connectivity index (χ1n) is 6.72. The quantitative estimate of drug-likeness (QED) is 0.722. The number of ketones is 1. The van der Waals surface area contributed by atoms with Crippen LogP contribution < -0.4 is 15.8 Å². The van der Waals surface area contributed by atoms with Crippen LogP contribution in [0.4, 0.5) is 10.7 Å². The molecule has 5 nitrogen and oxygen atoms in total. The number of hydrogen-bond donors (Lipinski definition) is 2. The predicted octanol–water partition coefficient (Wildman–Crippen LogP) is 3.01. The van der Waals surface area contributed by atoms with Crippen LogP contribution in [-0.4, -0.2) is 32.7 Å². The van der Waals surface area contributed by atoms with Crippen LogP contribution in [0.25, 0.3) is 0 Å². The summed E-state index contributed by atoms with van der Waals surface area (Å²) < 4.78 is 10.5. The van der Waals surface area contributed by atoms with Crippen LogP contribution in [0.15, 0.2) is 0 Å². The van der Waals surface area contributed by atoms with Gasteiger partial charge in [-0.2, -0.15) is 0 Å². The fourth-order valence-electron chi connectivity index (χ4n) is 1.82. The Kier molecular flexibility index (Phi) is 6.29. The van der Waals surface area contributed by atoms with Gasteiger partial charge in [-0.3, -0.25) is 4.79 Å². The zero-order valence-corrected chi connectivity index (χ0v) is 13.6. The van der Waals surface area contributed by atoms with Crippen molar-refractivity contribution in [1.29, 1.82) is 0 Å². The minimum absolute atomic E-state index is 0.0404. The Hall–Kier alpha value is -1.27. The highest BCUT2D eigenvalue weighted by Crippen LogP contribution is 2.43. The average Bonchev–Trinajstić information content (AvgIpc) is 2.73. The van der Waals surface area contributed by atoms with E-state index in [2.05, 4.69) is 12.2 Å². The molecule has 6 heteroatoms. The number of Topliss-reactive ketones (excluding diaryl/α,β-unsaturated/α-hetero) is 1. The number of hydrogen-bond acceptors (Lipinski definition) is 6. The van der Waals surface area contributed by atoms with Crippen LogP contribution >= 0.6 is 11.3 Å². The van der Waals surface area contributed by atoms with Crippen molar-refractivity contribution >= 4 is 27.8 Å². The van der Waals surface area contributed by atoms with E-state index in [0.29, 0.717) is 22.9 Å². The fraction of sp³-hybridized carbons (Fsp3) is 0.643. The SMILES string of the molecule is CCC(COC)Nc1sc(C(=O)C(C)C)c(N)c1OC. The smallest absolute Gasteiger partial charge is 0.177 e. The number of nitrogen functional groups attached to an aromatic ring is 1. The maximum absolute atomic E-state index is 12.2. The van der Waals surface area contributed by atoms with Gasteiger partial charge in [-0.05, 0) is 6.42 Å². The summed E-state index contributed by atoms with van der Waals surface area (Å²) in [4.78, 5) is 12.7. The number of carbonyl (C=O) groups excluding carboxylic acids is 1. The van der Waals surface area contributed by atoms with Crippen molar-refractivity contribution in [3.05, 3.63) is 4.88 Å². The van der Waals surface area contributed by atoms with Crippen LogP contribution in [0.5, 0.6) is 5.75 Å². The molecule has 0 spiro atoms. The largest absolute Gasteiger partial charge is 0.492 e. The normalized spacial score (nSPS) is 12.5. The van der Waals surface area contributed by atoms with Crippen molar-refractivity contribution < 1.29 is 14.3 Å². The first-order chi connectivity index (χ1) is 9.46. The third kappa shape index (κ3) is 3.64. The molecule has 0 saturated carbocycles. The topological polar surface area (TPSA) is 73.6 Å². The molecule has 0 aliphatic heterocycles. The Morgan fingerprint density at radius 2 is 2.05 bits per heavy atom. The second-order valence-corrected chi connectivity index (χ2v) is 5.95. The summed E-state index contributed by atoms with van der Waals surface area (Å²) in [5, 5.41) is 4.13. The van der Waals surface area contributed by atoms with E-state index in [1.165, 1.54) is 11.3 Å². The second kappa shape index (κ2) is 7.50. The van der Waals surface area contributed by atoms with Gasteiger partial charge in [-0.25, -0.2) is 0 Å². The Morgan fingerprint density at radius 1 is 1.40 bits per heavy atom. The molecule has 0 radical (unpaired) electrons. The van der Waals surface area contributed by atoms with Gasteiger partial charge in [0.15, 0.2) is 11.5 Å². The van der Waals surface area contributed by atoms with Crippen molar-refractivity contribution in [3.8, 4) is 5.75 Å². The van der Waals surface area contributed by atoms with E-state index < -0.39 is 0 Å². The number of carbonyl (C=O) groups is 1. The highest BCUT2D eigenvalue weighted by atomic mass is 32.1. The summed E-state index contributed by atoms with van der Waals surface area (Å²) in [6.45, 7) is 6.38. The van der Waals surface area contributed by atoms with Gasteiger partial charge < -0.3 is 20.5 Å². The average molecular weight is 300 g/mol. The lowest BCUT2D eigenvalue weighted by atomic mass is 10.1. The lowest BCUT2D eigenvalue weighted by Crippen LogP contribution is -2.23. The highest BCUT2D eigenvalue weighted by molar-refractivity contribution is 7.19. The van der Waals surface area contributed by atoms with Crippen LogP contribution in [0.2, 0.25) is 0 Å². The maximum Gasteiger partial charge on any atom is 0.177 e. The van der Waals surface area contributed by atoms with E-state index in [-0.39, 0.29) is 17.7 Å². The monoisotopic (exact) mass is 300 g/mol. The summed E-state index contributed by atoms with van der Waals surface area (Å²) in [5.74, 6) is 0.502. The van der Waals surface area contributed by atoms with Gasteiger partial charge in [0.1, 0.15) is 5.00 Å². The lowest BCUT2D eigenvalue weighted by molar-refractivity contribution is 0.0944. The van der Waals surface area contributed by atoms with Gasteiger partial charge in [-0.1, -0.05) is 20.8 Å². The fourth-order valence-corrected chi connectivity index (χ4v) is 3.07. The molecule has 0 aromatic carbocycles. The van der Waals surface area contributed by atoms with Crippen LogP contribution in [0.1, 0.15) is 36.9 Å². The molecule has 0 aliphatic carbocycles. The molecule has 1 aromatic rings. The number of ether oxygens (including phenoxy) is 2. The van der Waals surface area contributed by atoms with Gasteiger partial charge >= 0.3 is 0 Å². The molecular formula is C14H24N2O3S. The summed E-state index contributed by atoms with van der Waals surface area (Å²) in [6, 6.07) is 0.161. The molecule has 1 heterocycles. The molecule has 0 fully saturated rings. The predicted molar refractivity (Wildman–Crippen MR) is 84.0 cm³/mol. The standard InChI is InChI=1S/C14H24N2O3S/c1-6-9(7-18-4)16-14-12(19-5)10(15)13(20-14)11(17)8(2)3/h8-9,16H,6-7,15H2,1-5H3. The van der Waals surface area contributed by atoms with Gasteiger partial charge in [0.2, 0.25) is 0 Å². The molecule has 1 unspecified atom stereocenters. The number of anilines is 2. The number of thiophene rings is 1. The molecular weight excluding hydrogens is 276 g/mol. The third-order valence-electron chi connectivity index (χ3n) is 3.05. The molecule has 20 heavy (non-hydrogen) atoms. The molecule has 1 atom stereocenters. The van der Waals surface area contributed by atoms with Crippen LogP contribution in [0.3, 0.4) is 0 Å². The van der Waals surface area contributed by atoms with Crippen molar-refractivity contribution in [3.63, 3.8) is 0 Å². The van der Waals surface area contributed by atoms with Crippen molar-refractivity contribution in [2.24, 2.45) is 5.92 Å². The van der Waals surface area contributed by atoms with Gasteiger partial charge in [0, 0.05) is 13.0 Å². The Labute approximate surface area is 124 Å². The van der Waals surface area contributed by atoms with Crippen molar-refractivity contribution in [1.82, 2.24) is 0 Å². The zero-order chi connectivity index (χ0) is 15.3. The lowest BCUT2D eigenvalue weighted by Gasteiger charge is -2.16. The molecule has 3 N–H and O–H groups in total. The third-order valence-corrected chi connectivity index (χ3v) is 4.18. The first-order valence-corrected chi connectivity index (χ1v) is 7.53. The summed E-state index contributed by atoms with van der Waals surface area (Å²) >= 11 is 1.35. The van der Waals surface area contributed by atoms with Crippen molar-refractivity contribution in [2.75, 3.05) is 31.9 Å². The number of nitrogens with one attached hydrogen (secondary N) is 1.